The van der Waals surface area contributed by atoms with Crippen molar-refractivity contribution < 1.29 is 23.9 Å². The maximum absolute atomic E-state index is 13.6. The zero-order valence-electron chi connectivity index (χ0n) is 32.0. The van der Waals surface area contributed by atoms with Gasteiger partial charge in [-0.1, -0.05) is 80.6 Å². The van der Waals surface area contributed by atoms with Gasteiger partial charge in [-0.25, -0.2) is 14.8 Å². The minimum Gasteiger partial charge on any atom is -0.453 e. The van der Waals surface area contributed by atoms with Crippen molar-refractivity contribution >= 4 is 67.9 Å². The van der Waals surface area contributed by atoms with Crippen molar-refractivity contribution in [2.75, 3.05) is 20.2 Å². The number of carbonyl (C=O) groups is 4. The standard InChI is InChI=1S/C44H44N8O5/c1-4-18-52(37(54)22-45-24-53)23-36-46-33-16-12-29-20-27(10-14-31(29)40(33)49-36)28-11-15-32-30(21-28)13-17-34-41(32)50-42(47-34)38-25(2)19-35(38)48-43(55)39(51-44(56)57-3)26-8-6-5-7-9-26/h5-17,20-21,24-25,35,38-39H,4,18-19,22-23H2,1-3H3,(H,45,53)(H,46,49)(H,47,50)(H,48,55)(H,51,56)/t25?,35?,38-,39-/m1/s1. The molecule has 7 aromatic rings. The quantitative estimate of drug-likeness (QED) is 0.0823. The highest BCUT2D eigenvalue weighted by atomic mass is 16.5. The van der Waals surface area contributed by atoms with Gasteiger partial charge >= 0.3 is 6.09 Å². The van der Waals surface area contributed by atoms with Crippen molar-refractivity contribution in [2.24, 2.45) is 5.92 Å². The largest absolute Gasteiger partial charge is 0.453 e. The number of benzene rings is 5. The Labute approximate surface area is 328 Å². The molecule has 2 unspecified atom stereocenters. The lowest BCUT2D eigenvalue weighted by atomic mass is 9.69. The Balaban J connectivity index is 1.02. The van der Waals surface area contributed by atoms with Crippen LogP contribution in [0.1, 0.15) is 55.9 Å². The van der Waals surface area contributed by atoms with E-state index in [1.165, 1.54) is 7.11 Å². The molecular formula is C44H44N8O5. The summed E-state index contributed by atoms with van der Waals surface area (Å²) in [4.78, 5) is 67.7. The number of carbonyl (C=O) groups excluding carboxylic acids is 4. The Bertz CT molecular complexity index is 2640. The molecule has 5 N–H and O–H groups in total. The van der Waals surface area contributed by atoms with Gasteiger partial charge in [-0.15, -0.1) is 0 Å². The molecular weight excluding hydrogens is 721 g/mol. The number of hydrogen-bond acceptors (Lipinski definition) is 7. The van der Waals surface area contributed by atoms with Gasteiger partial charge in [0.2, 0.25) is 18.2 Å². The van der Waals surface area contributed by atoms with E-state index in [9.17, 15) is 19.2 Å². The van der Waals surface area contributed by atoms with Crippen molar-refractivity contribution in [3.8, 4) is 11.1 Å². The van der Waals surface area contributed by atoms with Crippen LogP contribution in [0.5, 0.6) is 0 Å². The molecule has 0 spiro atoms. The molecule has 13 heteroatoms. The number of methoxy groups -OCH3 is 1. The summed E-state index contributed by atoms with van der Waals surface area (Å²) in [5.74, 6) is 1.32. The average molecular weight is 765 g/mol. The number of imidazole rings is 2. The van der Waals surface area contributed by atoms with E-state index in [0.29, 0.717) is 30.9 Å². The van der Waals surface area contributed by atoms with Crippen molar-refractivity contribution in [1.82, 2.24) is 40.8 Å². The highest BCUT2D eigenvalue weighted by Gasteiger charge is 2.43. The van der Waals surface area contributed by atoms with Crippen LogP contribution < -0.4 is 16.0 Å². The molecule has 2 heterocycles. The van der Waals surface area contributed by atoms with Crippen LogP contribution in [-0.4, -0.2) is 75.4 Å². The van der Waals surface area contributed by atoms with Gasteiger partial charge in [0.15, 0.2) is 0 Å². The molecule has 57 heavy (non-hydrogen) atoms. The normalized spacial score (nSPS) is 16.9. The number of hydrogen-bond donors (Lipinski definition) is 5. The summed E-state index contributed by atoms with van der Waals surface area (Å²) < 4.78 is 4.80. The SMILES string of the molecule is CCCN(Cc1nc2ccc3cc(-c4ccc5c(ccc6nc([C@@H]7C(C)CC7NC(=O)[C@H](NC(=O)OC)c7ccccc7)[nH]c65)c4)ccc3c2[nH]1)C(=O)CNC=O. The number of aromatic amines is 2. The van der Waals surface area contributed by atoms with Gasteiger partial charge in [-0.05, 0) is 70.5 Å². The van der Waals surface area contributed by atoms with Crippen LogP contribution in [0.2, 0.25) is 0 Å². The molecule has 4 atom stereocenters. The molecule has 8 rings (SSSR count). The number of nitrogens with one attached hydrogen (secondary N) is 5. The van der Waals surface area contributed by atoms with Crippen molar-refractivity contribution in [2.45, 2.75) is 51.2 Å². The van der Waals surface area contributed by atoms with Gasteiger partial charge in [0, 0.05) is 29.3 Å². The van der Waals surface area contributed by atoms with Crippen LogP contribution >= 0.6 is 0 Å². The van der Waals surface area contributed by atoms with Crippen LogP contribution in [0.15, 0.2) is 91.0 Å². The summed E-state index contributed by atoms with van der Waals surface area (Å²) in [6.45, 7) is 5.01. The number of H-pyrrole nitrogens is 2. The molecule has 1 saturated carbocycles. The molecule has 13 nitrogen and oxygen atoms in total. The van der Waals surface area contributed by atoms with E-state index in [1.807, 2.05) is 37.3 Å². The predicted octanol–water partition coefficient (Wildman–Crippen LogP) is 6.60. The van der Waals surface area contributed by atoms with E-state index in [1.54, 1.807) is 17.0 Å². The molecule has 0 radical (unpaired) electrons. The summed E-state index contributed by atoms with van der Waals surface area (Å²) in [7, 11) is 1.28. The fourth-order valence-corrected chi connectivity index (χ4v) is 8.16. The summed E-state index contributed by atoms with van der Waals surface area (Å²) in [5.41, 5.74) is 6.37. The monoisotopic (exact) mass is 764 g/mol. The zero-order valence-corrected chi connectivity index (χ0v) is 32.0. The minimum absolute atomic E-state index is 0.0243. The molecule has 1 aliphatic carbocycles. The van der Waals surface area contributed by atoms with E-state index < -0.39 is 12.1 Å². The van der Waals surface area contributed by atoms with E-state index in [4.69, 9.17) is 14.7 Å². The van der Waals surface area contributed by atoms with Gasteiger partial charge < -0.3 is 35.6 Å². The lowest BCUT2D eigenvalue weighted by Gasteiger charge is -2.42. The number of rotatable bonds is 13. The molecule has 290 valence electrons. The predicted molar refractivity (Wildman–Crippen MR) is 219 cm³/mol. The zero-order chi connectivity index (χ0) is 39.6. The third kappa shape index (κ3) is 7.35. The lowest BCUT2D eigenvalue weighted by molar-refractivity contribution is -0.132. The summed E-state index contributed by atoms with van der Waals surface area (Å²) in [6.07, 6.45) is 1.43. The van der Waals surface area contributed by atoms with E-state index >= 15 is 0 Å². The fraction of sp³-hybridized carbons (Fsp3) is 0.273. The third-order valence-electron chi connectivity index (χ3n) is 11.0. The topological polar surface area (TPSA) is 174 Å². The van der Waals surface area contributed by atoms with Gasteiger partial charge in [-0.2, -0.15) is 0 Å². The Hall–Kier alpha value is -6.76. The molecule has 4 amide bonds. The maximum atomic E-state index is 13.6. The van der Waals surface area contributed by atoms with Crippen LogP contribution in [-0.2, 0) is 25.7 Å². The first-order chi connectivity index (χ1) is 27.7. The highest BCUT2D eigenvalue weighted by molar-refractivity contribution is 6.07. The molecule has 0 saturated heterocycles. The number of amides is 4. The van der Waals surface area contributed by atoms with Crippen LogP contribution in [0, 0.1) is 5.92 Å². The van der Waals surface area contributed by atoms with Crippen LogP contribution in [0.25, 0.3) is 54.7 Å². The number of alkyl carbamates (subject to hydrolysis) is 1. The minimum atomic E-state index is -0.894. The molecule has 5 aromatic carbocycles. The lowest BCUT2D eigenvalue weighted by Crippen LogP contribution is -2.53. The summed E-state index contributed by atoms with van der Waals surface area (Å²) in [6, 6.07) is 29.1. The second-order valence-electron chi connectivity index (χ2n) is 14.7. The molecule has 1 aliphatic rings. The van der Waals surface area contributed by atoms with Crippen molar-refractivity contribution in [1.29, 1.82) is 0 Å². The average Bonchev–Trinajstić information content (AvgIpc) is 3.85. The molecule has 0 bridgehead atoms. The van der Waals surface area contributed by atoms with Gasteiger partial charge in [0.05, 0.1) is 42.3 Å². The third-order valence-corrected chi connectivity index (χ3v) is 11.0. The molecule has 2 aromatic heterocycles. The first-order valence-corrected chi connectivity index (χ1v) is 19.2. The van der Waals surface area contributed by atoms with Crippen molar-refractivity contribution in [3.05, 3.63) is 108 Å². The van der Waals surface area contributed by atoms with Gasteiger partial charge in [-0.3, -0.25) is 14.4 Å². The van der Waals surface area contributed by atoms with Gasteiger partial charge in [0.1, 0.15) is 17.7 Å². The van der Waals surface area contributed by atoms with E-state index in [0.717, 1.165) is 73.4 Å². The summed E-state index contributed by atoms with van der Waals surface area (Å²) >= 11 is 0. The molecule has 0 aliphatic heterocycles. The van der Waals surface area contributed by atoms with Gasteiger partial charge in [0.25, 0.3) is 0 Å². The smallest absolute Gasteiger partial charge is 0.407 e. The second kappa shape index (κ2) is 15.8. The van der Waals surface area contributed by atoms with Crippen molar-refractivity contribution in [3.63, 3.8) is 0 Å². The van der Waals surface area contributed by atoms with Crippen LogP contribution in [0.3, 0.4) is 0 Å². The number of fused-ring (bicyclic) bond motifs is 6. The fourth-order valence-electron chi connectivity index (χ4n) is 8.16. The highest BCUT2D eigenvalue weighted by Crippen LogP contribution is 2.43. The van der Waals surface area contributed by atoms with Crippen LogP contribution in [0.4, 0.5) is 4.79 Å². The Kier molecular flexibility index (Phi) is 10.3. The number of ether oxygens (including phenoxy) is 1. The molecule has 1 fully saturated rings. The first-order valence-electron chi connectivity index (χ1n) is 19.2. The second-order valence-corrected chi connectivity index (χ2v) is 14.7. The maximum Gasteiger partial charge on any atom is 0.407 e. The van der Waals surface area contributed by atoms with E-state index in [-0.39, 0.29) is 36.2 Å². The summed E-state index contributed by atoms with van der Waals surface area (Å²) in [5, 5.41) is 12.5. The number of nitrogens with zero attached hydrogens (tertiary/aromatic N) is 3. The number of aromatic nitrogens is 4. The Morgan fingerprint density at radius 2 is 1.56 bits per heavy atom. The van der Waals surface area contributed by atoms with E-state index in [2.05, 4.69) is 81.4 Å². The Morgan fingerprint density at radius 3 is 2.19 bits per heavy atom. The Morgan fingerprint density at radius 1 is 0.895 bits per heavy atom. The first kappa shape index (κ1) is 37.2.